The topological polar surface area (TPSA) is 84.1 Å². The molecule has 1 aromatic carbocycles. The summed E-state index contributed by atoms with van der Waals surface area (Å²) in [7, 11) is 3.20. The van der Waals surface area contributed by atoms with Gasteiger partial charge < -0.3 is 9.47 Å². The molecule has 138 valence electrons. The van der Waals surface area contributed by atoms with Crippen molar-refractivity contribution >= 4 is 21.6 Å². The van der Waals surface area contributed by atoms with Gasteiger partial charge in [0.05, 0.1) is 32.5 Å². The molecule has 27 heavy (non-hydrogen) atoms. The third kappa shape index (κ3) is 3.17. The summed E-state index contributed by atoms with van der Waals surface area (Å²) >= 11 is 1.44. The highest BCUT2D eigenvalue weighted by atomic mass is 32.1. The molecule has 0 amide bonds. The first-order valence-corrected chi connectivity index (χ1v) is 9.10. The standard InChI is InChI=1S/C18H17N5O3S/c1-25-12-3-4-13(15(7-12)26-2)14-8-27-17-16(14)18(24)22(11-20-17)5-6-23-10-19-9-21-23/h3-4,7-11H,5-6H2,1-2H3. The second kappa shape index (κ2) is 7.20. The van der Waals surface area contributed by atoms with E-state index in [4.69, 9.17) is 9.47 Å². The summed E-state index contributed by atoms with van der Waals surface area (Å²) < 4.78 is 14.0. The molecule has 3 heterocycles. The first-order chi connectivity index (χ1) is 13.2. The zero-order chi connectivity index (χ0) is 18.8. The van der Waals surface area contributed by atoms with E-state index in [9.17, 15) is 4.79 Å². The van der Waals surface area contributed by atoms with Crippen LogP contribution in [0.2, 0.25) is 0 Å². The van der Waals surface area contributed by atoms with E-state index in [1.807, 2.05) is 17.5 Å². The molecule has 0 unspecified atom stereocenters. The van der Waals surface area contributed by atoms with E-state index in [1.54, 1.807) is 42.2 Å². The van der Waals surface area contributed by atoms with Gasteiger partial charge in [-0.15, -0.1) is 11.3 Å². The summed E-state index contributed by atoms with van der Waals surface area (Å²) in [5.74, 6) is 1.34. The minimum atomic E-state index is -0.0887. The van der Waals surface area contributed by atoms with Gasteiger partial charge >= 0.3 is 0 Å². The molecular weight excluding hydrogens is 366 g/mol. The Morgan fingerprint density at radius 1 is 1.11 bits per heavy atom. The Balaban J connectivity index is 1.78. The largest absolute Gasteiger partial charge is 0.497 e. The number of aromatic nitrogens is 5. The molecule has 0 radical (unpaired) electrons. The maximum Gasteiger partial charge on any atom is 0.262 e. The molecule has 0 spiro atoms. The van der Waals surface area contributed by atoms with Crippen molar-refractivity contribution in [2.45, 2.75) is 13.1 Å². The normalized spacial score (nSPS) is 11.0. The van der Waals surface area contributed by atoms with Gasteiger partial charge in [0.2, 0.25) is 0 Å². The average molecular weight is 383 g/mol. The molecule has 3 aromatic heterocycles. The molecule has 0 saturated heterocycles. The van der Waals surface area contributed by atoms with Crippen molar-refractivity contribution in [3.8, 4) is 22.6 Å². The van der Waals surface area contributed by atoms with E-state index < -0.39 is 0 Å². The number of hydrogen-bond donors (Lipinski definition) is 0. The molecule has 0 N–H and O–H groups in total. The molecule has 4 rings (SSSR count). The summed E-state index contributed by atoms with van der Waals surface area (Å²) in [6, 6.07) is 5.55. The van der Waals surface area contributed by atoms with Crippen LogP contribution in [0.5, 0.6) is 11.5 Å². The number of benzene rings is 1. The summed E-state index contributed by atoms with van der Waals surface area (Å²) in [4.78, 5) is 22.1. The highest BCUT2D eigenvalue weighted by Crippen LogP contribution is 2.38. The van der Waals surface area contributed by atoms with Gasteiger partial charge in [0.25, 0.3) is 5.56 Å². The van der Waals surface area contributed by atoms with Crippen LogP contribution in [0.4, 0.5) is 0 Å². The lowest BCUT2D eigenvalue weighted by Crippen LogP contribution is -2.22. The Kier molecular flexibility index (Phi) is 4.59. The molecule has 0 atom stereocenters. The third-order valence-electron chi connectivity index (χ3n) is 4.30. The van der Waals surface area contributed by atoms with Gasteiger partial charge in [-0.1, -0.05) is 0 Å². The van der Waals surface area contributed by atoms with E-state index in [2.05, 4.69) is 15.1 Å². The predicted octanol–water partition coefficient (Wildman–Crippen LogP) is 2.43. The van der Waals surface area contributed by atoms with Gasteiger partial charge in [0, 0.05) is 29.1 Å². The number of fused-ring (bicyclic) bond motifs is 1. The second-order valence-electron chi connectivity index (χ2n) is 5.80. The zero-order valence-electron chi connectivity index (χ0n) is 14.8. The number of rotatable bonds is 6. The number of ether oxygens (including phenoxy) is 2. The fourth-order valence-electron chi connectivity index (χ4n) is 2.90. The number of methoxy groups -OCH3 is 2. The van der Waals surface area contributed by atoms with Crippen molar-refractivity contribution in [1.82, 2.24) is 24.3 Å². The predicted molar refractivity (Wildman–Crippen MR) is 102 cm³/mol. The lowest BCUT2D eigenvalue weighted by molar-refractivity contribution is 0.395. The fraction of sp³-hybridized carbons (Fsp3) is 0.222. The number of aryl methyl sites for hydroxylation is 2. The molecule has 8 nitrogen and oxygen atoms in total. The maximum absolute atomic E-state index is 13.1. The van der Waals surface area contributed by atoms with Crippen molar-refractivity contribution in [1.29, 1.82) is 0 Å². The van der Waals surface area contributed by atoms with Crippen LogP contribution in [0.15, 0.2) is 47.4 Å². The van der Waals surface area contributed by atoms with Crippen LogP contribution < -0.4 is 15.0 Å². The molecule has 0 aliphatic heterocycles. The first-order valence-electron chi connectivity index (χ1n) is 8.22. The summed E-state index contributed by atoms with van der Waals surface area (Å²) in [5, 5.41) is 6.58. The van der Waals surface area contributed by atoms with Crippen LogP contribution in [0, 0.1) is 0 Å². The van der Waals surface area contributed by atoms with E-state index in [1.165, 1.54) is 17.7 Å². The van der Waals surface area contributed by atoms with Crippen LogP contribution in [-0.4, -0.2) is 38.5 Å². The van der Waals surface area contributed by atoms with Crippen molar-refractivity contribution in [3.63, 3.8) is 0 Å². The van der Waals surface area contributed by atoms with Crippen LogP contribution in [0.3, 0.4) is 0 Å². The number of nitrogens with zero attached hydrogens (tertiary/aromatic N) is 5. The van der Waals surface area contributed by atoms with E-state index in [-0.39, 0.29) is 5.56 Å². The highest BCUT2D eigenvalue weighted by Gasteiger charge is 2.17. The molecule has 0 fully saturated rings. The summed E-state index contributed by atoms with van der Waals surface area (Å²) in [6.07, 6.45) is 4.67. The van der Waals surface area contributed by atoms with Crippen molar-refractivity contribution < 1.29 is 9.47 Å². The van der Waals surface area contributed by atoms with Gasteiger partial charge in [-0.2, -0.15) is 5.10 Å². The maximum atomic E-state index is 13.1. The van der Waals surface area contributed by atoms with Crippen molar-refractivity contribution in [2.24, 2.45) is 0 Å². The number of hydrogen-bond acceptors (Lipinski definition) is 7. The molecule has 4 aromatic rings. The smallest absolute Gasteiger partial charge is 0.262 e. The quantitative estimate of drug-likeness (QED) is 0.508. The van der Waals surface area contributed by atoms with Gasteiger partial charge in [-0.3, -0.25) is 14.0 Å². The molecular formula is C18H17N5O3S. The van der Waals surface area contributed by atoms with Crippen LogP contribution in [-0.2, 0) is 13.1 Å². The van der Waals surface area contributed by atoms with Gasteiger partial charge in [0.1, 0.15) is 29.0 Å². The lowest BCUT2D eigenvalue weighted by Gasteiger charge is -2.10. The van der Waals surface area contributed by atoms with Crippen LogP contribution in [0.25, 0.3) is 21.3 Å². The second-order valence-corrected chi connectivity index (χ2v) is 6.66. The third-order valence-corrected chi connectivity index (χ3v) is 5.18. The van der Waals surface area contributed by atoms with Crippen LogP contribution in [0.1, 0.15) is 0 Å². The average Bonchev–Trinajstić information content (AvgIpc) is 3.37. The first kappa shape index (κ1) is 17.2. The van der Waals surface area contributed by atoms with Crippen molar-refractivity contribution in [3.05, 3.63) is 52.9 Å². The Hall–Kier alpha value is -3.20. The molecule has 0 aliphatic carbocycles. The lowest BCUT2D eigenvalue weighted by atomic mass is 10.0. The Morgan fingerprint density at radius 2 is 2.00 bits per heavy atom. The minimum absolute atomic E-state index is 0.0887. The molecule has 0 bridgehead atoms. The van der Waals surface area contributed by atoms with Gasteiger partial charge in [0.15, 0.2) is 0 Å². The van der Waals surface area contributed by atoms with E-state index >= 15 is 0 Å². The zero-order valence-corrected chi connectivity index (χ0v) is 15.6. The van der Waals surface area contributed by atoms with Crippen LogP contribution >= 0.6 is 11.3 Å². The fourth-order valence-corrected chi connectivity index (χ4v) is 3.80. The highest BCUT2D eigenvalue weighted by molar-refractivity contribution is 7.17. The Bertz CT molecular complexity index is 1130. The monoisotopic (exact) mass is 383 g/mol. The summed E-state index contributed by atoms with van der Waals surface area (Å²) in [5.41, 5.74) is 1.55. The van der Waals surface area contributed by atoms with E-state index in [0.717, 1.165) is 11.1 Å². The van der Waals surface area contributed by atoms with Gasteiger partial charge in [-0.25, -0.2) is 9.97 Å². The van der Waals surface area contributed by atoms with E-state index in [0.29, 0.717) is 34.8 Å². The SMILES string of the molecule is COc1ccc(-c2csc3ncn(CCn4cncn4)c(=O)c23)c(OC)c1. The number of thiophene rings is 1. The Labute approximate surface area is 158 Å². The van der Waals surface area contributed by atoms with Crippen molar-refractivity contribution in [2.75, 3.05) is 14.2 Å². The molecule has 9 heteroatoms. The minimum Gasteiger partial charge on any atom is -0.497 e. The Morgan fingerprint density at radius 3 is 2.74 bits per heavy atom. The molecule has 0 saturated carbocycles. The summed E-state index contributed by atoms with van der Waals surface area (Å²) in [6.45, 7) is 0.999. The van der Waals surface area contributed by atoms with Gasteiger partial charge in [-0.05, 0) is 12.1 Å². The molecule has 0 aliphatic rings.